The number of hydrogen-bond donors (Lipinski definition) is 3. The molecule has 6 N–H and O–H groups in total. The number of anilines is 2. The van der Waals surface area contributed by atoms with Crippen LogP contribution in [0.2, 0.25) is 0 Å². The van der Waals surface area contributed by atoms with E-state index in [-0.39, 0.29) is 28.4 Å². The van der Waals surface area contributed by atoms with Crippen LogP contribution in [0.15, 0.2) is 6.07 Å². The fourth-order valence-electron chi connectivity index (χ4n) is 1.32. The molecule has 0 atom stereocenters. The van der Waals surface area contributed by atoms with Crippen molar-refractivity contribution in [1.29, 1.82) is 0 Å². The Morgan fingerprint density at radius 3 is 2.13 bits per heavy atom. The van der Waals surface area contributed by atoms with E-state index < -0.39 is 5.91 Å². The van der Waals surface area contributed by atoms with Crippen LogP contribution >= 0.6 is 0 Å². The summed E-state index contributed by atoms with van der Waals surface area (Å²) in [6.07, 6.45) is 0. The molecule has 0 aromatic heterocycles. The van der Waals surface area contributed by atoms with Gasteiger partial charge in [-0.3, -0.25) is 4.79 Å². The average Bonchev–Trinajstić information content (AvgIpc) is 2.17. The van der Waals surface area contributed by atoms with Crippen molar-refractivity contribution in [2.24, 2.45) is 5.73 Å². The normalized spacial score (nSPS) is 9.73. The van der Waals surface area contributed by atoms with Crippen molar-refractivity contribution in [1.82, 2.24) is 0 Å². The van der Waals surface area contributed by atoms with Crippen LogP contribution in [0.4, 0.5) is 11.4 Å². The summed E-state index contributed by atoms with van der Waals surface area (Å²) in [5.74, 6) is -0.210. The molecule has 0 saturated heterocycles. The number of primary amides is 1. The SMILES string of the molecule is COc1c(N)cc(C(N)=O)c(OC)c1N. The zero-order chi connectivity index (χ0) is 11.6. The van der Waals surface area contributed by atoms with E-state index in [0.717, 1.165) is 0 Å². The predicted molar refractivity (Wildman–Crippen MR) is 56.9 cm³/mol. The molecule has 0 heterocycles. The molecule has 1 amide bonds. The maximum atomic E-state index is 11.1. The third-order valence-corrected chi connectivity index (χ3v) is 1.97. The standard InChI is InChI=1S/C9H13N3O3/c1-14-7-4(9(12)13)3-5(10)8(15-2)6(7)11/h3H,10-11H2,1-2H3,(H2,12,13). The lowest BCUT2D eigenvalue weighted by molar-refractivity contribution is 0.0997. The largest absolute Gasteiger partial charge is 0.494 e. The first kappa shape index (κ1) is 11.0. The van der Waals surface area contributed by atoms with Crippen molar-refractivity contribution in [3.63, 3.8) is 0 Å². The molecule has 0 aliphatic carbocycles. The Balaban J connectivity index is 3.51. The molecule has 0 saturated carbocycles. The average molecular weight is 211 g/mol. The van der Waals surface area contributed by atoms with Gasteiger partial charge in [0.05, 0.1) is 25.5 Å². The Kier molecular flexibility index (Phi) is 2.89. The number of benzene rings is 1. The van der Waals surface area contributed by atoms with Crippen LogP contribution in [0.25, 0.3) is 0 Å². The summed E-state index contributed by atoms with van der Waals surface area (Å²) >= 11 is 0. The minimum atomic E-state index is -0.659. The first-order valence-corrected chi connectivity index (χ1v) is 4.12. The fourth-order valence-corrected chi connectivity index (χ4v) is 1.32. The fraction of sp³-hybridized carbons (Fsp3) is 0.222. The maximum absolute atomic E-state index is 11.1. The molecule has 0 bridgehead atoms. The highest BCUT2D eigenvalue weighted by Gasteiger charge is 2.18. The van der Waals surface area contributed by atoms with Gasteiger partial charge in [0.1, 0.15) is 5.69 Å². The lowest BCUT2D eigenvalue weighted by Crippen LogP contribution is -2.14. The Morgan fingerprint density at radius 2 is 1.73 bits per heavy atom. The Bertz CT molecular complexity index is 404. The second-order valence-corrected chi connectivity index (χ2v) is 2.86. The highest BCUT2D eigenvalue weighted by Crippen LogP contribution is 2.39. The third-order valence-electron chi connectivity index (χ3n) is 1.97. The number of amides is 1. The summed E-state index contributed by atoms with van der Waals surface area (Å²) in [6.45, 7) is 0. The minimum absolute atomic E-state index is 0.133. The quantitative estimate of drug-likeness (QED) is 0.607. The predicted octanol–water partition coefficient (Wildman–Crippen LogP) is -0.0329. The summed E-state index contributed by atoms with van der Waals surface area (Å²) in [7, 11) is 2.80. The number of carbonyl (C=O) groups excluding carboxylic acids is 1. The van der Waals surface area contributed by atoms with Gasteiger partial charge >= 0.3 is 0 Å². The molecule has 6 heteroatoms. The van der Waals surface area contributed by atoms with Crippen LogP contribution in [-0.2, 0) is 0 Å². The van der Waals surface area contributed by atoms with Gasteiger partial charge in [-0.15, -0.1) is 0 Å². The molecule has 0 radical (unpaired) electrons. The smallest absolute Gasteiger partial charge is 0.252 e. The number of carbonyl (C=O) groups is 1. The highest BCUT2D eigenvalue weighted by atomic mass is 16.5. The molecular formula is C9H13N3O3. The molecule has 0 spiro atoms. The van der Waals surface area contributed by atoms with E-state index in [2.05, 4.69) is 0 Å². The maximum Gasteiger partial charge on any atom is 0.252 e. The van der Waals surface area contributed by atoms with Gasteiger partial charge in [-0.2, -0.15) is 0 Å². The van der Waals surface area contributed by atoms with Gasteiger partial charge in [-0.1, -0.05) is 0 Å². The lowest BCUT2D eigenvalue weighted by Gasteiger charge is -2.14. The first-order valence-electron chi connectivity index (χ1n) is 4.12. The lowest BCUT2D eigenvalue weighted by atomic mass is 10.1. The van der Waals surface area contributed by atoms with Crippen LogP contribution < -0.4 is 26.7 Å². The van der Waals surface area contributed by atoms with Crippen LogP contribution in [0.5, 0.6) is 11.5 Å². The monoisotopic (exact) mass is 211 g/mol. The van der Waals surface area contributed by atoms with Crippen molar-refractivity contribution in [2.45, 2.75) is 0 Å². The van der Waals surface area contributed by atoms with Gasteiger partial charge in [0.15, 0.2) is 11.5 Å². The van der Waals surface area contributed by atoms with Crippen molar-refractivity contribution >= 4 is 17.3 Å². The van der Waals surface area contributed by atoms with Crippen molar-refractivity contribution in [3.8, 4) is 11.5 Å². The number of nitrogen functional groups attached to an aromatic ring is 2. The van der Waals surface area contributed by atoms with E-state index in [0.29, 0.717) is 0 Å². The van der Waals surface area contributed by atoms with Gasteiger partial charge < -0.3 is 26.7 Å². The van der Waals surface area contributed by atoms with E-state index in [4.69, 9.17) is 26.7 Å². The molecule has 1 rings (SSSR count). The molecule has 1 aromatic carbocycles. The van der Waals surface area contributed by atoms with Crippen LogP contribution in [-0.4, -0.2) is 20.1 Å². The summed E-state index contributed by atoms with van der Waals surface area (Å²) in [6, 6.07) is 1.37. The van der Waals surface area contributed by atoms with Gasteiger partial charge in [-0.25, -0.2) is 0 Å². The van der Waals surface area contributed by atoms with Crippen molar-refractivity contribution < 1.29 is 14.3 Å². The van der Waals surface area contributed by atoms with Gasteiger partial charge in [0, 0.05) is 0 Å². The molecule has 0 aliphatic rings. The van der Waals surface area contributed by atoms with Crippen LogP contribution in [0.3, 0.4) is 0 Å². The van der Waals surface area contributed by atoms with E-state index in [9.17, 15) is 4.79 Å². The number of rotatable bonds is 3. The zero-order valence-corrected chi connectivity index (χ0v) is 8.53. The first-order chi connectivity index (χ1) is 7.02. The van der Waals surface area contributed by atoms with Crippen molar-refractivity contribution in [2.75, 3.05) is 25.7 Å². The second-order valence-electron chi connectivity index (χ2n) is 2.86. The molecule has 0 aliphatic heterocycles. The molecule has 1 aromatic rings. The zero-order valence-electron chi connectivity index (χ0n) is 8.53. The van der Waals surface area contributed by atoms with E-state index in [1.165, 1.54) is 20.3 Å². The van der Waals surface area contributed by atoms with E-state index >= 15 is 0 Å². The topological polar surface area (TPSA) is 114 Å². The minimum Gasteiger partial charge on any atom is -0.494 e. The van der Waals surface area contributed by atoms with Crippen LogP contribution in [0.1, 0.15) is 10.4 Å². The molecule has 82 valence electrons. The summed E-state index contributed by atoms with van der Waals surface area (Å²) in [5, 5.41) is 0. The van der Waals surface area contributed by atoms with Gasteiger partial charge in [0.2, 0.25) is 0 Å². The highest BCUT2D eigenvalue weighted by molar-refractivity contribution is 6.00. The Hall–Kier alpha value is -2.11. The second kappa shape index (κ2) is 3.95. The van der Waals surface area contributed by atoms with Crippen LogP contribution in [0, 0.1) is 0 Å². The molecule has 6 nitrogen and oxygen atoms in total. The third kappa shape index (κ3) is 1.74. The summed E-state index contributed by atoms with van der Waals surface area (Å²) in [4.78, 5) is 11.1. The van der Waals surface area contributed by atoms with Gasteiger partial charge in [-0.05, 0) is 6.07 Å². The summed E-state index contributed by atoms with van der Waals surface area (Å²) < 4.78 is 9.94. The van der Waals surface area contributed by atoms with E-state index in [1.54, 1.807) is 0 Å². The molecular weight excluding hydrogens is 198 g/mol. The van der Waals surface area contributed by atoms with Gasteiger partial charge in [0.25, 0.3) is 5.91 Å². The number of hydrogen-bond acceptors (Lipinski definition) is 5. The summed E-state index contributed by atoms with van der Waals surface area (Å²) in [5.41, 5.74) is 17.0. The van der Waals surface area contributed by atoms with E-state index in [1.807, 2.05) is 0 Å². The number of methoxy groups -OCH3 is 2. The number of nitrogens with two attached hydrogens (primary N) is 3. The molecule has 15 heavy (non-hydrogen) atoms. The number of ether oxygens (including phenoxy) is 2. The molecule has 0 unspecified atom stereocenters. The molecule has 0 fully saturated rings. The Morgan fingerprint density at radius 1 is 1.20 bits per heavy atom. The Labute approximate surface area is 86.9 Å². The van der Waals surface area contributed by atoms with Crippen molar-refractivity contribution in [3.05, 3.63) is 11.6 Å².